The van der Waals surface area contributed by atoms with E-state index in [1.165, 1.54) is 12.8 Å². The van der Waals surface area contributed by atoms with Gasteiger partial charge in [-0.2, -0.15) is 0 Å². The predicted octanol–water partition coefficient (Wildman–Crippen LogP) is 4.18. The smallest absolute Gasteiger partial charge is 0.131 e. The van der Waals surface area contributed by atoms with Gasteiger partial charge in [0.15, 0.2) is 0 Å². The summed E-state index contributed by atoms with van der Waals surface area (Å²) in [6, 6.07) is 2.10. The summed E-state index contributed by atoms with van der Waals surface area (Å²) in [4.78, 5) is 9.36. The number of aromatic nitrogens is 2. The van der Waals surface area contributed by atoms with Crippen LogP contribution in [0.15, 0.2) is 6.07 Å². The maximum Gasteiger partial charge on any atom is 0.131 e. The fourth-order valence-corrected chi connectivity index (χ4v) is 1.82. The van der Waals surface area contributed by atoms with Crippen molar-refractivity contribution in [2.45, 2.75) is 66.2 Å². The Morgan fingerprint density at radius 3 is 2.42 bits per heavy atom. The molecule has 0 unspecified atom stereocenters. The second-order valence-electron chi connectivity index (χ2n) is 6.68. The van der Waals surface area contributed by atoms with Crippen molar-refractivity contribution in [3.8, 4) is 0 Å². The zero-order valence-corrected chi connectivity index (χ0v) is 13.4. The zero-order valence-electron chi connectivity index (χ0n) is 13.4. The molecule has 0 saturated heterocycles. The molecular weight excluding hydrogens is 234 g/mol. The van der Waals surface area contributed by atoms with Crippen LogP contribution in [0, 0.1) is 5.92 Å². The molecule has 1 rings (SSSR count). The van der Waals surface area contributed by atoms with E-state index in [0.29, 0.717) is 5.92 Å². The molecule has 3 heteroatoms. The number of anilines is 1. The van der Waals surface area contributed by atoms with Crippen molar-refractivity contribution in [2.75, 3.05) is 11.9 Å². The average Bonchev–Trinajstić information content (AvgIpc) is 2.27. The van der Waals surface area contributed by atoms with E-state index in [0.717, 1.165) is 30.3 Å². The molecule has 1 aromatic rings. The van der Waals surface area contributed by atoms with E-state index in [9.17, 15) is 0 Å². The van der Waals surface area contributed by atoms with Crippen molar-refractivity contribution in [3.63, 3.8) is 0 Å². The summed E-state index contributed by atoms with van der Waals surface area (Å²) in [6.45, 7) is 14.2. The van der Waals surface area contributed by atoms with E-state index >= 15 is 0 Å². The molecule has 1 N–H and O–H groups in total. The summed E-state index contributed by atoms with van der Waals surface area (Å²) in [5, 5.41) is 3.42. The number of unbranched alkanes of at least 4 members (excludes halogenated alkanes) is 1. The van der Waals surface area contributed by atoms with Gasteiger partial charge in [-0.1, -0.05) is 48.0 Å². The molecule has 0 aliphatic carbocycles. The Balaban J connectivity index is 2.95. The third-order valence-electron chi connectivity index (χ3n) is 2.97. The molecule has 0 spiro atoms. The van der Waals surface area contributed by atoms with Gasteiger partial charge in [-0.3, -0.25) is 0 Å². The van der Waals surface area contributed by atoms with Gasteiger partial charge in [0.25, 0.3) is 0 Å². The van der Waals surface area contributed by atoms with Gasteiger partial charge in [0.1, 0.15) is 11.6 Å². The lowest BCUT2D eigenvalue weighted by Gasteiger charge is -2.20. The van der Waals surface area contributed by atoms with Crippen LogP contribution in [0.25, 0.3) is 0 Å². The maximum absolute atomic E-state index is 4.72. The maximum atomic E-state index is 4.72. The Kier molecular flexibility index (Phi) is 5.77. The Morgan fingerprint density at radius 2 is 1.89 bits per heavy atom. The van der Waals surface area contributed by atoms with Crippen LogP contribution in [0.3, 0.4) is 0 Å². The first kappa shape index (κ1) is 15.9. The molecule has 1 heterocycles. The lowest BCUT2D eigenvalue weighted by atomic mass is 9.91. The second-order valence-corrected chi connectivity index (χ2v) is 6.68. The van der Waals surface area contributed by atoms with Gasteiger partial charge < -0.3 is 5.32 Å². The van der Waals surface area contributed by atoms with E-state index in [4.69, 9.17) is 4.98 Å². The van der Waals surface area contributed by atoms with Crippen LogP contribution in [0.4, 0.5) is 5.82 Å². The molecule has 19 heavy (non-hydrogen) atoms. The third kappa shape index (κ3) is 5.58. The Hall–Kier alpha value is -1.12. The van der Waals surface area contributed by atoms with E-state index in [-0.39, 0.29) is 5.41 Å². The first-order valence-electron chi connectivity index (χ1n) is 7.45. The number of hydrogen-bond donors (Lipinski definition) is 1. The number of nitrogens with one attached hydrogen (secondary N) is 1. The average molecular weight is 263 g/mol. The molecule has 0 saturated carbocycles. The molecule has 1 aromatic heterocycles. The van der Waals surface area contributed by atoms with E-state index in [1.807, 2.05) is 0 Å². The summed E-state index contributed by atoms with van der Waals surface area (Å²) in [7, 11) is 0. The van der Waals surface area contributed by atoms with Crippen LogP contribution in [-0.4, -0.2) is 16.5 Å². The number of rotatable bonds is 6. The van der Waals surface area contributed by atoms with Crippen molar-refractivity contribution in [3.05, 3.63) is 17.6 Å². The minimum absolute atomic E-state index is 0.0653. The summed E-state index contributed by atoms with van der Waals surface area (Å²) in [6.07, 6.45) is 3.31. The van der Waals surface area contributed by atoms with Crippen molar-refractivity contribution < 1.29 is 0 Å². The van der Waals surface area contributed by atoms with Crippen LogP contribution in [0.5, 0.6) is 0 Å². The molecule has 0 radical (unpaired) electrons. The Labute approximate surface area is 118 Å². The molecule has 0 fully saturated rings. The standard InChI is InChI=1S/C16H29N3/c1-7-8-9-17-14-11-13(16(4,5)6)18-15(19-14)10-12(2)3/h11-12H,7-10H2,1-6H3,(H,17,18,19). The molecule has 3 nitrogen and oxygen atoms in total. The van der Waals surface area contributed by atoms with Gasteiger partial charge in [-0.25, -0.2) is 9.97 Å². The first-order chi connectivity index (χ1) is 8.82. The zero-order chi connectivity index (χ0) is 14.5. The molecule has 0 amide bonds. The lowest BCUT2D eigenvalue weighted by molar-refractivity contribution is 0.551. The molecule has 0 atom stereocenters. The second kappa shape index (κ2) is 6.88. The van der Waals surface area contributed by atoms with Gasteiger partial charge >= 0.3 is 0 Å². The minimum Gasteiger partial charge on any atom is -0.370 e. The van der Waals surface area contributed by atoms with Crippen LogP contribution < -0.4 is 5.32 Å². The normalized spacial score (nSPS) is 11.9. The Morgan fingerprint density at radius 1 is 1.21 bits per heavy atom. The molecule has 0 bridgehead atoms. The fourth-order valence-electron chi connectivity index (χ4n) is 1.82. The van der Waals surface area contributed by atoms with Crippen molar-refractivity contribution in [2.24, 2.45) is 5.92 Å². The minimum atomic E-state index is 0.0653. The molecule has 0 aromatic carbocycles. The van der Waals surface area contributed by atoms with Crippen molar-refractivity contribution in [1.82, 2.24) is 9.97 Å². The lowest BCUT2D eigenvalue weighted by Crippen LogP contribution is -2.17. The fraction of sp³-hybridized carbons (Fsp3) is 0.750. The monoisotopic (exact) mass is 263 g/mol. The van der Waals surface area contributed by atoms with Crippen LogP contribution in [0.1, 0.15) is 65.9 Å². The topological polar surface area (TPSA) is 37.8 Å². The van der Waals surface area contributed by atoms with Crippen molar-refractivity contribution >= 4 is 5.82 Å². The van der Waals surface area contributed by atoms with Gasteiger partial charge in [0.2, 0.25) is 0 Å². The van der Waals surface area contributed by atoms with E-state index in [2.05, 4.69) is 57.9 Å². The predicted molar refractivity (Wildman–Crippen MR) is 82.7 cm³/mol. The molecular formula is C16H29N3. The number of nitrogens with zero attached hydrogens (tertiary/aromatic N) is 2. The van der Waals surface area contributed by atoms with E-state index in [1.54, 1.807) is 0 Å². The van der Waals surface area contributed by atoms with Gasteiger partial charge in [0, 0.05) is 24.4 Å². The van der Waals surface area contributed by atoms with Crippen LogP contribution in [-0.2, 0) is 11.8 Å². The first-order valence-corrected chi connectivity index (χ1v) is 7.45. The van der Waals surface area contributed by atoms with Gasteiger partial charge in [0.05, 0.1) is 5.69 Å². The summed E-state index contributed by atoms with van der Waals surface area (Å²) in [5.74, 6) is 2.52. The number of hydrogen-bond acceptors (Lipinski definition) is 3. The van der Waals surface area contributed by atoms with E-state index < -0.39 is 0 Å². The molecule has 0 aliphatic heterocycles. The summed E-state index contributed by atoms with van der Waals surface area (Å²) in [5.41, 5.74) is 1.19. The highest BCUT2D eigenvalue weighted by Crippen LogP contribution is 2.23. The third-order valence-corrected chi connectivity index (χ3v) is 2.97. The van der Waals surface area contributed by atoms with Crippen molar-refractivity contribution in [1.29, 1.82) is 0 Å². The largest absolute Gasteiger partial charge is 0.370 e. The van der Waals surface area contributed by atoms with Crippen LogP contribution >= 0.6 is 0 Å². The van der Waals surface area contributed by atoms with Gasteiger partial charge in [-0.05, 0) is 12.3 Å². The highest BCUT2D eigenvalue weighted by Gasteiger charge is 2.18. The molecule has 0 aliphatic rings. The SMILES string of the molecule is CCCCNc1cc(C(C)(C)C)nc(CC(C)C)n1. The molecule has 108 valence electrons. The highest BCUT2D eigenvalue weighted by molar-refractivity contribution is 5.38. The van der Waals surface area contributed by atoms with Crippen LogP contribution in [0.2, 0.25) is 0 Å². The highest BCUT2D eigenvalue weighted by atomic mass is 15.0. The quantitative estimate of drug-likeness (QED) is 0.782. The Bertz CT molecular complexity index is 391. The van der Waals surface area contributed by atoms with Gasteiger partial charge in [-0.15, -0.1) is 0 Å². The summed E-state index contributed by atoms with van der Waals surface area (Å²) >= 11 is 0. The summed E-state index contributed by atoms with van der Waals surface area (Å²) < 4.78 is 0.